The molecule has 0 atom stereocenters. The average molecular weight is 304 g/mol. The lowest BCUT2D eigenvalue weighted by Gasteiger charge is -2.15. The molecule has 0 fully saturated rings. The molecule has 21 heavy (non-hydrogen) atoms. The number of carbonyl (C=O) groups is 2. The SMILES string of the molecule is CCOC(=O)CCC(F)(F)C(=O)NCCCc1ncn[nH]1. The lowest BCUT2D eigenvalue weighted by Crippen LogP contribution is -2.41. The van der Waals surface area contributed by atoms with Crippen molar-refractivity contribution in [2.75, 3.05) is 13.2 Å². The molecule has 2 N–H and O–H groups in total. The third-order valence-electron chi connectivity index (χ3n) is 2.62. The fourth-order valence-corrected chi connectivity index (χ4v) is 1.54. The average Bonchev–Trinajstić information content (AvgIpc) is 2.95. The molecule has 118 valence electrons. The Labute approximate surface area is 120 Å². The van der Waals surface area contributed by atoms with Crippen LogP contribution in [0.4, 0.5) is 8.78 Å². The second-order valence-electron chi connectivity index (χ2n) is 4.30. The number of halogens is 2. The Bertz CT molecular complexity index is 451. The third-order valence-corrected chi connectivity index (χ3v) is 2.62. The van der Waals surface area contributed by atoms with E-state index in [1.54, 1.807) is 6.92 Å². The van der Waals surface area contributed by atoms with E-state index in [2.05, 4.69) is 25.2 Å². The van der Waals surface area contributed by atoms with E-state index in [9.17, 15) is 18.4 Å². The van der Waals surface area contributed by atoms with Crippen LogP contribution in [0.25, 0.3) is 0 Å². The van der Waals surface area contributed by atoms with Crippen molar-refractivity contribution in [3.63, 3.8) is 0 Å². The van der Waals surface area contributed by atoms with Crippen molar-refractivity contribution in [2.24, 2.45) is 0 Å². The number of nitrogens with zero attached hydrogens (tertiary/aromatic N) is 2. The van der Waals surface area contributed by atoms with Crippen molar-refractivity contribution in [3.8, 4) is 0 Å². The van der Waals surface area contributed by atoms with E-state index >= 15 is 0 Å². The van der Waals surface area contributed by atoms with E-state index in [1.807, 2.05) is 0 Å². The molecule has 0 aliphatic rings. The number of aromatic amines is 1. The lowest BCUT2D eigenvalue weighted by molar-refractivity contribution is -0.151. The summed E-state index contributed by atoms with van der Waals surface area (Å²) in [5, 5.41) is 8.41. The Balaban J connectivity index is 2.23. The van der Waals surface area contributed by atoms with Crippen LogP contribution in [0.3, 0.4) is 0 Å². The van der Waals surface area contributed by atoms with Crippen molar-refractivity contribution >= 4 is 11.9 Å². The molecule has 1 aromatic rings. The van der Waals surface area contributed by atoms with Gasteiger partial charge in [0.05, 0.1) is 13.0 Å². The topological polar surface area (TPSA) is 97.0 Å². The zero-order valence-electron chi connectivity index (χ0n) is 11.7. The number of esters is 1. The van der Waals surface area contributed by atoms with Gasteiger partial charge >= 0.3 is 11.9 Å². The maximum absolute atomic E-state index is 13.5. The molecule has 0 bridgehead atoms. The van der Waals surface area contributed by atoms with Gasteiger partial charge in [-0.05, 0) is 13.3 Å². The van der Waals surface area contributed by atoms with Crippen molar-refractivity contribution in [1.29, 1.82) is 0 Å². The maximum atomic E-state index is 13.5. The number of H-pyrrole nitrogens is 1. The van der Waals surface area contributed by atoms with E-state index in [4.69, 9.17) is 0 Å². The van der Waals surface area contributed by atoms with Crippen molar-refractivity contribution in [2.45, 2.75) is 38.5 Å². The van der Waals surface area contributed by atoms with Crippen LogP contribution in [0.5, 0.6) is 0 Å². The molecule has 0 unspecified atom stereocenters. The second-order valence-corrected chi connectivity index (χ2v) is 4.30. The number of aryl methyl sites for hydroxylation is 1. The van der Waals surface area contributed by atoms with E-state index in [1.165, 1.54) is 6.33 Å². The number of carbonyl (C=O) groups excluding carboxylic acids is 2. The third kappa shape index (κ3) is 6.28. The fourth-order valence-electron chi connectivity index (χ4n) is 1.54. The van der Waals surface area contributed by atoms with Crippen molar-refractivity contribution in [3.05, 3.63) is 12.2 Å². The minimum Gasteiger partial charge on any atom is -0.466 e. The quantitative estimate of drug-likeness (QED) is 0.520. The summed E-state index contributed by atoms with van der Waals surface area (Å²) in [6.07, 6.45) is 0.938. The lowest BCUT2D eigenvalue weighted by atomic mass is 10.1. The molecule has 0 aliphatic carbocycles. The van der Waals surface area contributed by atoms with Gasteiger partial charge in [-0.15, -0.1) is 0 Å². The van der Waals surface area contributed by atoms with E-state index < -0.39 is 30.6 Å². The molecule has 1 amide bonds. The van der Waals surface area contributed by atoms with Crippen molar-refractivity contribution < 1.29 is 23.1 Å². The maximum Gasteiger partial charge on any atom is 0.325 e. The molecule has 0 saturated heterocycles. The summed E-state index contributed by atoms with van der Waals surface area (Å²) in [5.74, 6) is -5.09. The molecule has 0 aliphatic heterocycles. The first-order valence-electron chi connectivity index (χ1n) is 6.61. The van der Waals surface area contributed by atoms with Crippen LogP contribution < -0.4 is 5.32 Å². The van der Waals surface area contributed by atoms with Gasteiger partial charge in [-0.1, -0.05) is 0 Å². The monoisotopic (exact) mass is 304 g/mol. The van der Waals surface area contributed by atoms with Crippen LogP contribution in [0.2, 0.25) is 0 Å². The summed E-state index contributed by atoms with van der Waals surface area (Å²) in [4.78, 5) is 26.2. The second kappa shape index (κ2) is 8.28. The summed E-state index contributed by atoms with van der Waals surface area (Å²) in [5.41, 5.74) is 0. The molecule has 0 saturated carbocycles. The zero-order valence-corrected chi connectivity index (χ0v) is 11.7. The Hall–Kier alpha value is -2.06. The molecule has 1 aromatic heterocycles. The Morgan fingerprint density at radius 3 is 2.86 bits per heavy atom. The minimum atomic E-state index is -3.58. The fraction of sp³-hybridized carbons (Fsp3) is 0.667. The van der Waals surface area contributed by atoms with Gasteiger partial charge < -0.3 is 10.1 Å². The molecule has 0 aromatic carbocycles. The first-order valence-corrected chi connectivity index (χ1v) is 6.61. The minimum absolute atomic E-state index is 0.0918. The molecule has 0 radical (unpaired) electrons. The molecular formula is C12H18F2N4O3. The number of hydrogen-bond donors (Lipinski definition) is 2. The molecule has 0 spiro atoms. The summed E-state index contributed by atoms with van der Waals surface area (Å²) in [6.45, 7) is 1.80. The van der Waals surface area contributed by atoms with E-state index in [0.717, 1.165) is 0 Å². The van der Waals surface area contributed by atoms with Gasteiger partial charge in [-0.3, -0.25) is 14.7 Å². The molecule has 9 heteroatoms. The number of hydrogen-bond acceptors (Lipinski definition) is 5. The highest BCUT2D eigenvalue weighted by atomic mass is 19.3. The highest BCUT2D eigenvalue weighted by Gasteiger charge is 2.38. The van der Waals surface area contributed by atoms with Crippen LogP contribution in [0.1, 0.15) is 32.0 Å². The number of aromatic nitrogens is 3. The van der Waals surface area contributed by atoms with E-state index in [0.29, 0.717) is 18.7 Å². The predicted octanol–water partition coefficient (Wildman–Crippen LogP) is 0.832. The van der Waals surface area contributed by atoms with Crippen LogP contribution in [0, 0.1) is 0 Å². The summed E-state index contributed by atoms with van der Waals surface area (Å²) < 4.78 is 31.5. The van der Waals surface area contributed by atoms with Crippen LogP contribution >= 0.6 is 0 Å². The van der Waals surface area contributed by atoms with Gasteiger partial charge in [0, 0.05) is 19.4 Å². The van der Waals surface area contributed by atoms with Gasteiger partial charge in [0.1, 0.15) is 12.2 Å². The molecular weight excluding hydrogens is 286 g/mol. The summed E-state index contributed by atoms with van der Waals surface area (Å²) in [7, 11) is 0. The van der Waals surface area contributed by atoms with Gasteiger partial charge in [0.2, 0.25) is 0 Å². The van der Waals surface area contributed by atoms with Gasteiger partial charge in [-0.25, -0.2) is 4.98 Å². The summed E-state index contributed by atoms with van der Waals surface area (Å²) in [6, 6.07) is 0. The first-order chi connectivity index (χ1) is 9.95. The number of rotatable bonds is 9. The zero-order chi connectivity index (χ0) is 15.7. The molecule has 1 rings (SSSR count). The highest BCUT2D eigenvalue weighted by Crippen LogP contribution is 2.20. The van der Waals surface area contributed by atoms with Gasteiger partial charge in [-0.2, -0.15) is 13.9 Å². The Morgan fingerprint density at radius 2 is 2.24 bits per heavy atom. The largest absolute Gasteiger partial charge is 0.466 e. The standard InChI is InChI=1S/C12H18F2N4O3/c1-2-21-10(19)5-6-12(13,14)11(20)15-7-3-4-9-16-8-17-18-9/h8H,2-7H2,1H3,(H,15,20)(H,16,17,18). The molecule has 7 nitrogen and oxygen atoms in total. The van der Waals surface area contributed by atoms with Crippen LogP contribution in [0.15, 0.2) is 6.33 Å². The summed E-state index contributed by atoms with van der Waals surface area (Å²) >= 11 is 0. The number of amides is 1. The number of ether oxygens (including phenoxy) is 1. The number of nitrogens with one attached hydrogen (secondary N) is 2. The normalized spacial score (nSPS) is 11.2. The predicted molar refractivity (Wildman–Crippen MR) is 68.5 cm³/mol. The van der Waals surface area contributed by atoms with Crippen LogP contribution in [-0.2, 0) is 20.7 Å². The smallest absolute Gasteiger partial charge is 0.325 e. The van der Waals surface area contributed by atoms with Gasteiger partial charge in [0.25, 0.3) is 5.91 Å². The Morgan fingerprint density at radius 1 is 1.48 bits per heavy atom. The van der Waals surface area contributed by atoms with Crippen molar-refractivity contribution in [1.82, 2.24) is 20.5 Å². The van der Waals surface area contributed by atoms with Crippen LogP contribution in [-0.4, -0.2) is 46.1 Å². The molecule has 1 heterocycles. The first kappa shape index (κ1) is 17.0. The highest BCUT2D eigenvalue weighted by molar-refractivity contribution is 5.84. The van der Waals surface area contributed by atoms with Gasteiger partial charge in [0.15, 0.2) is 0 Å². The number of alkyl halides is 2. The Kier molecular flexibility index (Phi) is 6.70. The van der Waals surface area contributed by atoms with E-state index in [-0.39, 0.29) is 13.2 Å².